The maximum Gasteiger partial charge on any atom is 0.229 e. The number of piperidine rings is 1. The van der Waals surface area contributed by atoms with Gasteiger partial charge in [-0.15, -0.1) is 0 Å². The number of hydrogen-bond acceptors (Lipinski definition) is 2. The van der Waals surface area contributed by atoms with Crippen molar-refractivity contribution in [2.24, 2.45) is 5.92 Å². The quantitative estimate of drug-likeness (QED) is 0.904. The first-order valence-corrected chi connectivity index (χ1v) is 7.17. The Morgan fingerprint density at radius 2 is 2.16 bits per heavy atom. The molecule has 0 bridgehead atoms. The van der Waals surface area contributed by atoms with E-state index in [0.717, 1.165) is 37.9 Å². The molecule has 19 heavy (non-hydrogen) atoms. The summed E-state index contributed by atoms with van der Waals surface area (Å²) in [6, 6.07) is 9.95. The van der Waals surface area contributed by atoms with Crippen LogP contribution in [-0.2, 0) is 4.79 Å². The van der Waals surface area contributed by atoms with Crippen LogP contribution in [0.15, 0.2) is 30.3 Å². The molecule has 1 amide bonds. The van der Waals surface area contributed by atoms with Crippen LogP contribution in [0.1, 0.15) is 37.7 Å². The first-order chi connectivity index (χ1) is 9.22. The van der Waals surface area contributed by atoms with E-state index < -0.39 is 0 Å². The van der Waals surface area contributed by atoms with Gasteiger partial charge in [0.15, 0.2) is 0 Å². The molecule has 0 saturated carbocycles. The maximum atomic E-state index is 12.5. The van der Waals surface area contributed by atoms with Crippen molar-refractivity contribution in [3.63, 3.8) is 0 Å². The summed E-state index contributed by atoms with van der Waals surface area (Å²) in [6.45, 7) is 3.86. The third-order valence-corrected chi connectivity index (χ3v) is 4.04. The van der Waals surface area contributed by atoms with Gasteiger partial charge in [-0.05, 0) is 37.7 Å². The van der Waals surface area contributed by atoms with Crippen molar-refractivity contribution < 1.29 is 9.90 Å². The minimum atomic E-state index is -0.0749. The van der Waals surface area contributed by atoms with Crippen LogP contribution >= 0.6 is 0 Å². The van der Waals surface area contributed by atoms with Gasteiger partial charge in [-0.1, -0.05) is 30.3 Å². The fourth-order valence-electron chi connectivity index (χ4n) is 2.84. The van der Waals surface area contributed by atoms with Gasteiger partial charge >= 0.3 is 0 Å². The minimum Gasteiger partial charge on any atom is -0.396 e. The summed E-state index contributed by atoms with van der Waals surface area (Å²) in [7, 11) is 0. The highest BCUT2D eigenvalue weighted by Crippen LogP contribution is 2.24. The predicted octanol–water partition coefficient (Wildman–Crippen LogP) is 2.41. The molecular formula is C16H23NO2. The Bertz CT molecular complexity index is 402. The maximum absolute atomic E-state index is 12.5. The van der Waals surface area contributed by atoms with E-state index in [1.807, 2.05) is 42.2 Å². The Balaban J connectivity index is 1.99. The van der Waals surface area contributed by atoms with Crippen molar-refractivity contribution in [3.05, 3.63) is 35.9 Å². The largest absolute Gasteiger partial charge is 0.396 e. The molecular weight excluding hydrogens is 238 g/mol. The van der Waals surface area contributed by atoms with Gasteiger partial charge in [0.2, 0.25) is 5.91 Å². The van der Waals surface area contributed by atoms with Crippen LogP contribution in [-0.4, -0.2) is 35.6 Å². The number of hydrogen-bond donors (Lipinski definition) is 1. The summed E-state index contributed by atoms with van der Waals surface area (Å²) in [5, 5.41) is 9.03. The summed E-state index contributed by atoms with van der Waals surface area (Å²) in [6.07, 6.45) is 2.99. The molecule has 0 aromatic heterocycles. The first kappa shape index (κ1) is 14.1. The molecule has 1 N–H and O–H groups in total. The lowest BCUT2D eigenvalue weighted by Crippen LogP contribution is -2.42. The summed E-state index contributed by atoms with van der Waals surface area (Å²) in [4.78, 5) is 14.5. The molecule has 1 aromatic rings. The normalized spacial score (nSPS) is 21.2. The second kappa shape index (κ2) is 6.71. The number of likely N-dealkylation sites (tertiary alicyclic amines) is 1. The molecule has 3 nitrogen and oxygen atoms in total. The molecule has 0 spiro atoms. The van der Waals surface area contributed by atoms with E-state index in [2.05, 4.69) is 0 Å². The zero-order valence-corrected chi connectivity index (χ0v) is 11.6. The lowest BCUT2D eigenvalue weighted by Gasteiger charge is -2.34. The smallest absolute Gasteiger partial charge is 0.229 e. The Hall–Kier alpha value is -1.35. The number of carbonyl (C=O) groups excluding carboxylic acids is 1. The van der Waals surface area contributed by atoms with Crippen LogP contribution in [0.4, 0.5) is 0 Å². The van der Waals surface area contributed by atoms with Crippen molar-refractivity contribution >= 4 is 5.91 Å². The second-order valence-electron chi connectivity index (χ2n) is 5.44. The molecule has 2 unspecified atom stereocenters. The average molecular weight is 261 g/mol. The van der Waals surface area contributed by atoms with E-state index in [-0.39, 0.29) is 18.4 Å². The summed E-state index contributed by atoms with van der Waals surface area (Å²) in [5.41, 5.74) is 1.08. The Morgan fingerprint density at radius 3 is 2.84 bits per heavy atom. The van der Waals surface area contributed by atoms with Crippen molar-refractivity contribution in [1.82, 2.24) is 4.90 Å². The molecule has 1 aromatic carbocycles. The number of carbonyl (C=O) groups is 1. The van der Waals surface area contributed by atoms with E-state index in [9.17, 15) is 4.79 Å². The van der Waals surface area contributed by atoms with Gasteiger partial charge < -0.3 is 10.0 Å². The topological polar surface area (TPSA) is 40.5 Å². The monoisotopic (exact) mass is 261 g/mol. The highest BCUT2D eigenvalue weighted by molar-refractivity contribution is 5.83. The van der Waals surface area contributed by atoms with Gasteiger partial charge in [-0.2, -0.15) is 0 Å². The highest BCUT2D eigenvalue weighted by atomic mass is 16.3. The Kier molecular flexibility index (Phi) is 4.97. The number of nitrogens with zero attached hydrogens (tertiary/aromatic N) is 1. The van der Waals surface area contributed by atoms with Crippen molar-refractivity contribution in [3.8, 4) is 0 Å². The average Bonchev–Trinajstić information content (AvgIpc) is 2.47. The molecule has 0 radical (unpaired) electrons. The molecule has 2 atom stereocenters. The molecule has 0 aliphatic carbocycles. The molecule has 1 aliphatic heterocycles. The zero-order chi connectivity index (χ0) is 13.7. The standard InChI is InChI=1S/C16H23NO2/c1-13(15-7-3-2-4-8-15)16(19)17-10-5-6-14(12-17)9-11-18/h2-4,7-8,13-14,18H,5-6,9-12H2,1H3. The lowest BCUT2D eigenvalue weighted by molar-refractivity contribution is -0.134. The third kappa shape index (κ3) is 3.57. The molecule has 1 aliphatic rings. The van der Waals surface area contributed by atoms with Crippen molar-refractivity contribution in [2.75, 3.05) is 19.7 Å². The summed E-state index contributed by atoms with van der Waals surface area (Å²) >= 11 is 0. The van der Waals surface area contributed by atoms with Gasteiger partial charge in [0, 0.05) is 19.7 Å². The van der Waals surface area contributed by atoms with Crippen LogP contribution in [0, 0.1) is 5.92 Å². The van der Waals surface area contributed by atoms with E-state index in [0.29, 0.717) is 5.92 Å². The van der Waals surface area contributed by atoms with Crippen LogP contribution in [0.25, 0.3) is 0 Å². The molecule has 104 valence electrons. The summed E-state index contributed by atoms with van der Waals surface area (Å²) in [5.74, 6) is 0.605. The minimum absolute atomic E-state index is 0.0749. The van der Waals surface area contributed by atoms with Gasteiger partial charge in [0.05, 0.1) is 5.92 Å². The van der Waals surface area contributed by atoms with Crippen LogP contribution in [0.2, 0.25) is 0 Å². The molecule has 1 saturated heterocycles. The highest BCUT2D eigenvalue weighted by Gasteiger charge is 2.27. The van der Waals surface area contributed by atoms with Gasteiger partial charge in [-0.25, -0.2) is 0 Å². The predicted molar refractivity (Wildman–Crippen MR) is 75.9 cm³/mol. The number of aliphatic hydroxyl groups is 1. The van der Waals surface area contributed by atoms with Crippen LogP contribution < -0.4 is 0 Å². The van der Waals surface area contributed by atoms with E-state index >= 15 is 0 Å². The fourth-order valence-corrected chi connectivity index (χ4v) is 2.84. The van der Waals surface area contributed by atoms with Gasteiger partial charge in [-0.3, -0.25) is 4.79 Å². The van der Waals surface area contributed by atoms with E-state index in [1.165, 1.54) is 0 Å². The number of benzene rings is 1. The lowest BCUT2D eigenvalue weighted by atomic mass is 9.93. The molecule has 1 heterocycles. The third-order valence-electron chi connectivity index (χ3n) is 4.04. The molecule has 3 heteroatoms. The van der Waals surface area contributed by atoms with Crippen molar-refractivity contribution in [2.45, 2.75) is 32.1 Å². The second-order valence-corrected chi connectivity index (χ2v) is 5.44. The zero-order valence-electron chi connectivity index (χ0n) is 11.6. The molecule has 1 fully saturated rings. The Labute approximate surface area is 115 Å². The van der Waals surface area contributed by atoms with Crippen molar-refractivity contribution in [1.29, 1.82) is 0 Å². The van der Waals surface area contributed by atoms with Crippen LogP contribution in [0.3, 0.4) is 0 Å². The number of aliphatic hydroxyl groups excluding tert-OH is 1. The summed E-state index contributed by atoms with van der Waals surface area (Å²) < 4.78 is 0. The van der Waals surface area contributed by atoms with E-state index in [1.54, 1.807) is 0 Å². The molecule has 2 rings (SSSR count). The van der Waals surface area contributed by atoms with Gasteiger partial charge in [0.25, 0.3) is 0 Å². The Morgan fingerprint density at radius 1 is 1.42 bits per heavy atom. The first-order valence-electron chi connectivity index (χ1n) is 7.17. The van der Waals surface area contributed by atoms with Gasteiger partial charge in [0.1, 0.15) is 0 Å². The SMILES string of the molecule is CC(C(=O)N1CCCC(CCO)C1)c1ccccc1. The fraction of sp³-hybridized carbons (Fsp3) is 0.562. The number of rotatable bonds is 4. The van der Waals surface area contributed by atoms with E-state index in [4.69, 9.17) is 5.11 Å². The number of amides is 1. The van der Waals surface area contributed by atoms with Crippen LogP contribution in [0.5, 0.6) is 0 Å².